The van der Waals surface area contributed by atoms with Gasteiger partial charge in [0.15, 0.2) is 0 Å². The van der Waals surface area contributed by atoms with Crippen molar-refractivity contribution in [2.75, 3.05) is 0 Å². The smallest absolute Gasteiger partial charge is 0.386 e. The van der Waals surface area contributed by atoms with Crippen molar-refractivity contribution in [1.29, 1.82) is 0 Å². The third-order valence-corrected chi connectivity index (χ3v) is 1.20. The van der Waals surface area contributed by atoms with Crippen molar-refractivity contribution in [3.05, 3.63) is 35.7 Å². The van der Waals surface area contributed by atoms with Gasteiger partial charge in [0, 0.05) is 0 Å². The maximum absolute atomic E-state index is 11.7. The maximum Gasteiger partial charge on any atom is 0.386 e. The minimum Gasteiger partial charge on any atom is -0.447 e. The van der Waals surface area contributed by atoms with Gasteiger partial charge in [0.05, 0.1) is 6.57 Å². The molecule has 0 fully saturated rings. The highest BCUT2D eigenvalue weighted by Gasteiger charge is 2.07. The molecule has 0 unspecified atom stereocenters. The number of hydrogen-bond acceptors (Lipinski definition) is 1. The first-order chi connectivity index (χ1) is 5.74. The summed E-state index contributed by atoms with van der Waals surface area (Å²) in [5, 5.41) is 0. The highest BCUT2D eigenvalue weighted by atomic mass is 19.3. The van der Waals surface area contributed by atoms with E-state index < -0.39 is 6.61 Å². The molecular formula is C8H5F2NO. The Bertz CT molecular complexity index is 306. The minimum absolute atomic E-state index is 0.0810. The van der Waals surface area contributed by atoms with Gasteiger partial charge in [0.25, 0.3) is 0 Å². The quantitative estimate of drug-likeness (QED) is 0.620. The van der Waals surface area contributed by atoms with Crippen LogP contribution in [0, 0.1) is 6.57 Å². The molecule has 1 aromatic rings. The second-order valence-electron chi connectivity index (χ2n) is 1.96. The Morgan fingerprint density at radius 2 is 2.00 bits per heavy atom. The summed E-state index contributed by atoms with van der Waals surface area (Å²) >= 11 is 0. The molecule has 0 amide bonds. The number of para-hydroxylation sites is 2. The van der Waals surface area contributed by atoms with Gasteiger partial charge in [-0.05, 0) is 6.07 Å². The zero-order chi connectivity index (χ0) is 8.97. The predicted molar refractivity (Wildman–Crippen MR) is 39.3 cm³/mol. The standard InChI is InChI=1S/C8H5F2NO/c1-11-6-4-2-3-5-7(6)12-8(9)10/h2-5,8H. The Kier molecular flexibility index (Phi) is 2.59. The van der Waals surface area contributed by atoms with Crippen LogP contribution in [0.2, 0.25) is 0 Å². The van der Waals surface area contributed by atoms with E-state index in [9.17, 15) is 8.78 Å². The minimum atomic E-state index is -2.88. The van der Waals surface area contributed by atoms with Crippen LogP contribution in [0.1, 0.15) is 0 Å². The van der Waals surface area contributed by atoms with E-state index in [-0.39, 0.29) is 11.4 Å². The largest absolute Gasteiger partial charge is 0.447 e. The molecule has 4 heteroatoms. The zero-order valence-electron chi connectivity index (χ0n) is 6.00. The molecule has 0 aliphatic carbocycles. The fourth-order valence-corrected chi connectivity index (χ4v) is 0.745. The number of nitrogens with zero attached hydrogens (tertiary/aromatic N) is 1. The molecule has 0 heterocycles. The Balaban J connectivity index is 2.91. The van der Waals surface area contributed by atoms with Crippen LogP contribution in [-0.2, 0) is 0 Å². The van der Waals surface area contributed by atoms with Gasteiger partial charge in [-0.25, -0.2) is 4.85 Å². The summed E-state index contributed by atoms with van der Waals surface area (Å²) in [7, 11) is 0. The molecule has 0 saturated heterocycles. The van der Waals surface area contributed by atoms with Gasteiger partial charge >= 0.3 is 6.61 Å². The predicted octanol–water partition coefficient (Wildman–Crippen LogP) is 2.84. The van der Waals surface area contributed by atoms with Gasteiger partial charge in [0.2, 0.25) is 5.69 Å². The van der Waals surface area contributed by atoms with E-state index in [1.54, 1.807) is 6.07 Å². The summed E-state index contributed by atoms with van der Waals surface area (Å²) < 4.78 is 27.5. The third-order valence-electron chi connectivity index (χ3n) is 1.20. The molecule has 2 nitrogen and oxygen atoms in total. The second kappa shape index (κ2) is 3.67. The summed E-state index contributed by atoms with van der Waals surface area (Å²) in [4.78, 5) is 3.02. The molecule has 1 rings (SSSR count). The van der Waals surface area contributed by atoms with Crippen LogP contribution < -0.4 is 4.74 Å². The first-order valence-corrected chi connectivity index (χ1v) is 3.15. The molecule has 0 N–H and O–H groups in total. The van der Waals surface area contributed by atoms with Crippen LogP contribution in [-0.4, -0.2) is 6.61 Å². The lowest BCUT2D eigenvalue weighted by atomic mass is 10.3. The number of hydrogen-bond donors (Lipinski definition) is 0. The Morgan fingerprint density at radius 3 is 2.58 bits per heavy atom. The molecule has 0 aliphatic heterocycles. The molecule has 0 aliphatic rings. The van der Waals surface area contributed by atoms with Crippen molar-refractivity contribution in [3.8, 4) is 5.75 Å². The summed E-state index contributed by atoms with van der Waals surface area (Å²) in [5.41, 5.74) is 0.0952. The van der Waals surface area contributed by atoms with Gasteiger partial charge in [0.1, 0.15) is 5.75 Å². The Hall–Kier alpha value is -1.63. The number of benzene rings is 1. The SMILES string of the molecule is [C-]#[N+]c1ccccc1OC(F)F. The fourth-order valence-electron chi connectivity index (χ4n) is 0.745. The lowest BCUT2D eigenvalue weighted by Gasteiger charge is -2.04. The van der Waals surface area contributed by atoms with Crippen LogP contribution in [0.4, 0.5) is 14.5 Å². The van der Waals surface area contributed by atoms with E-state index in [2.05, 4.69) is 9.58 Å². The average molecular weight is 169 g/mol. The van der Waals surface area contributed by atoms with Crippen molar-refractivity contribution < 1.29 is 13.5 Å². The van der Waals surface area contributed by atoms with Crippen molar-refractivity contribution in [1.82, 2.24) is 0 Å². The Labute approximate surface area is 68.2 Å². The number of halogens is 2. The first kappa shape index (κ1) is 8.47. The van der Waals surface area contributed by atoms with Gasteiger partial charge in [-0.1, -0.05) is 18.2 Å². The van der Waals surface area contributed by atoms with Crippen LogP contribution >= 0.6 is 0 Å². The lowest BCUT2D eigenvalue weighted by Crippen LogP contribution is -2.01. The van der Waals surface area contributed by atoms with Gasteiger partial charge in [-0.2, -0.15) is 8.78 Å². The summed E-state index contributed by atoms with van der Waals surface area (Å²) in [6.07, 6.45) is 0. The number of rotatable bonds is 2. The highest BCUT2D eigenvalue weighted by Crippen LogP contribution is 2.27. The van der Waals surface area contributed by atoms with E-state index in [1.807, 2.05) is 0 Å². The molecular weight excluding hydrogens is 164 g/mol. The molecule has 0 spiro atoms. The first-order valence-electron chi connectivity index (χ1n) is 3.15. The van der Waals surface area contributed by atoms with E-state index in [1.165, 1.54) is 18.2 Å². The van der Waals surface area contributed by atoms with Crippen molar-refractivity contribution >= 4 is 5.69 Å². The van der Waals surface area contributed by atoms with Crippen LogP contribution in [0.15, 0.2) is 24.3 Å². The third kappa shape index (κ3) is 1.92. The van der Waals surface area contributed by atoms with E-state index in [0.717, 1.165) is 0 Å². The summed E-state index contributed by atoms with van der Waals surface area (Å²) in [6.45, 7) is 3.75. The monoisotopic (exact) mass is 169 g/mol. The van der Waals surface area contributed by atoms with Crippen LogP contribution in [0.25, 0.3) is 4.85 Å². The highest BCUT2D eigenvalue weighted by molar-refractivity contribution is 5.56. The van der Waals surface area contributed by atoms with Gasteiger partial charge in [-0.15, -0.1) is 0 Å². The second-order valence-corrected chi connectivity index (χ2v) is 1.96. The zero-order valence-corrected chi connectivity index (χ0v) is 6.00. The number of ether oxygens (including phenoxy) is 1. The maximum atomic E-state index is 11.7. The molecule has 0 radical (unpaired) electrons. The molecule has 0 atom stereocenters. The molecule has 62 valence electrons. The molecule has 0 bridgehead atoms. The summed E-state index contributed by atoms with van der Waals surface area (Å²) in [5.74, 6) is -0.0810. The molecule has 0 aromatic heterocycles. The summed E-state index contributed by atoms with van der Waals surface area (Å²) in [6, 6.07) is 5.88. The van der Waals surface area contributed by atoms with E-state index in [4.69, 9.17) is 6.57 Å². The van der Waals surface area contributed by atoms with Crippen molar-refractivity contribution in [3.63, 3.8) is 0 Å². The fraction of sp³-hybridized carbons (Fsp3) is 0.125. The van der Waals surface area contributed by atoms with Gasteiger partial charge in [-0.3, -0.25) is 0 Å². The van der Waals surface area contributed by atoms with E-state index >= 15 is 0 Å². The topological polar surface area (TPSA) is 13.6 Å². The molecule has 12 heavy (non-hydrogen) atoms. The lowest BCUT2D eigenvalue weighted by molar-refractivity contribution is -0.0492. The molecule has 1 aromatic carbocycles. The van der Waals surface area contributed by atoms with Crippen LogP contribution in [0.3, 0.4) is 0 Å². The van der Waals surface area contributed by atoms with Crippen molar-refractivity contribution in [2.24, 2.45) is 0 Å². The number of alkyl halides is 2. The normalized spacial score (nSPS) is 9.50. The van der Waals surface area contributed by atoms with E-state index in [0.29, 0.717) is 0 Å². The molecule has 0 saturated carbocycles. The Morgan fingerprint density at radius 1 is 1.33 bits per heavy atom. The van der Waals surface area contributed by atoms with Gasteiger partial charge < -0.3 is 4.74 Å². The van der Waals surface area contributed by atoms with Crippen LogP contribution in [0.5, 0.6) is 5.75 Å². The average Bonchev–Trinajstić information content (AvgIpc) is 2.04. The van der Waals surface area contributed by atoms with Crippen molar-refractivity contribution in [2.45, 2.75) is 6.61 Å².